The van der Waals surface area contributed by atoms with Gasteiger partial charge in [0.15, 0.2) is 0 Å². The quantitative estimate of drug-likeness (QED) is 0.383. The molecule has 0 spiro atoms. The highest BCUT2D eigenvalue weighted by Crippen LogP contribution is 1.77. The van der Waals surface area contributed by atoms with E-state index in [1.165, 1.54) is 6.92 Å². The zero-order valence-electron chi connectivity index (χ0n) is 7.43. The van der Waals surface area contributed by atoms with E-state index >= 15 is 0 Å². The number of Topliss-reactive ketones (excluding diaryl/α,β-unsaturated/α-hetero) is 1. The highest BCUT2D eigenvalue weighted by Gasteiger charge is 2.05. The third-order valence-corrected chi connectivity index (χ3v) is 0.461. The maximum absolute atomic E-state index is 10.5. The van der Waals surface area contributed by atoms with Crippen LogP contribution in [0.2, 0.25) is 0 Å². The Morgan fingerprint density at radius 3 is 2.75 bits per heavy atom. The van der Waals surface area contributed by atoms with Crippen molar-refractivity contribution in [2.45, 2.75) is 13.8 Å². The molecule has 0 saturated carbocycles. The molecule has 0 heterocycles. The number of rotatable bonds is 2. The minimum absolute atomic E-state index is 0.000648. The maximum Gasteiger partial charge on any atom is 0.374 e. The van der Waals surface area contributed by atoms with Gasteiger partial charge < -0.3 is 4.74 Å². The smallest absolute Gasteiger partial charge is 0.374 e. The predicted octanol–water partition coefficient (Wildman–Crippen LogP) is 0.138. The lowest BCUT2D eigenvalue weighted by Gasteiger charge is -1.93. The van der Waals surface area contributed by atoms with Gasteiger partial charge in [-0.2, -0.15) is 0 Å². The lowest BCUT2D eigenvalue weighted by Crippen LogP contribution is -2.12. The molecule has 0 aliphatic carbocycles. The molecule has 0 rings (SSSR count). The number of carbonyl (C=O) groups excluding carboxylic acids is 2. The van der Waals surface area contributed by atoms with E-state index in [0.29, 0.717) is 0 Å². The first-order valence-electron chi connectivity index (χ1n) is 3.61. The van der Waals surface area contributed by atoms with E-state index in [9.17, 15) is 9.59 Å². The number of ketones is 1. The molecule has 0 radical (unpaired) electrons. The van der Waals surface area contributed by atoms with Crippen molar-refractivity contribution < 1.29 is 18.4 Å². The number of hydrogen-bond donors (Lipinski definition) is 0. The zero-order chi connectivity index (χ0) is 9.07. The lowest BCUT2D eigenvalue weighted by molar-refractivity contribution is -0.152. The van der Waals surface area contributed by atoms with Gasteiger partial charge in [-0.3, -0.25) is 4.79 Å². The fourth-order valence-corrected chi connectivity index (χ4v) is 0.197. The third-order valence-electron chi connectivity index (χ3n) is 0.461. The molecule has 0 unspecified atom stereocenters. The lowest BCUT2D eigenvalue weighted by atomic mass is 10.5. The van der Waals surface area contributed by atoms with Gasteiger partial charge in [0.2, 0.25) is 5.78 Å². The molecular formula is C5H8O3. The summed E-state index contributed by atoms with van der Waals surface area (Å²) in [5.74, 6) is -2.77. The van der Waals surface area contributed by atoms with Crippen LogP contribution in [0.3, 0.4) is 0 Å². The molecule has 0 amide bonds. The Bertz CT molecular complexity index is 172. The molecule has 0 atom stereocenters. The van der Waals surface area contributed by atoms with Crippen LogP contribution in [0, 0.1) is 0 Å². The minimum atomic E-state index is -2.88. The van der Waals surface area contributed by atoms with Gasteiger partial charge in [0.1, 0.15) is 0 Å². The summed E-state index contributed by atoms with van der Waals surface area (Å²) >= 11 is 0. The molecule has 0 saturated heterocycles. The summed E-state index contributed by atoms with van der Waals surface area (Å²) in [5.41, 5.74) is 0. The molecule has 3 heteroatoms. The Balaban J connectivity index is 4.15. The molecular weight excluding hydrogens is 108 g/mol. The number of ether oxygens (including phenoxy) is 1. The largest absolute Gasteiger partial charge is 0.460 e. The second kappa shape index (κ2) is 3.18. The summed E-state index contributed by atoms with van der Waals surface area (Å²) in [5, 5.41) is 0. The van der Waals surface area contributed by atoms with E-state index in [1.807, 2.05) is 0 Å². The summed E-state index contributed by atoms with van der Waals surface area (Å²) in [6.45, 7) is -1.39. The molecule has 0 aromatic carbocycles. The van der Waals surface area contributed by atoms with Crippen molar-refractivity contribution in [3.8, 4) is 0 Å². The van der Waals surface area contributed by atoms with E-state index in [1.54, 1.807) is 0 Å². The van der Waals surface area contributed by atoms with Gasteiger partial charge in [-0.15, -0.1) is 0 Å². The SMILES string of the molecule is [2H]C([2H])([2H])C(=O)C(=O)OCC. The molecule has 0 aromatic heterocycles. The molecule has 0 bridgehead atoms. The van der Waals surface area contributed by atoms with Crippen molar-refractivity contribution in [3.63, 3.8) is 0 Å². The van der Waals surface area contributed by atoms with Crippen LogP contribution in [-0.4, -0.2) is 18.4 Å². The molecule has 0 N–H and O–H groups in total. The van der Waals surface area contributed by atoms with Gasteiger partial charge in [0, 0.05) is 11.0 Å². The Morgan fingerprint density at radius 2 is 2.38 bits per heavy atom. The Morgan fingerprint density at radius 1 is 1.75 bits per heavy atom. The first kappa shape index (κ1) is 3.22. The topological polar surface area (TPSA) is 43.4 Å². The van der Waals surface area contributed by atoms with Crippen LogP contribution in [0.4, 0.5) is 0 Å². The summed E-state index contributed by atoms with van der Waals surface area (Å²) in [4.78, 5) is 21.0. The van der Waals surface area contributed by atoms with Crippen LogP contribution >= 0.6 is 0 Å². The summed E-state index contributed by atoms with van der Waals surface area (Å²) in [6.07, 6.45) is 0. The molecule has 3 nitrogen and oxygen atoms in total. The molecule has 0 aliphatic rings. The van der Waals surface area contributed by atoms with Crippen molar-refractivity contribution in [3.05, 3.63) is 0 Å². The standard InChI is InChI=1S/C5H8O3/c1-3-8-5(7)4(2)6/h3H2,1-2H3/i2D3. The highest BCUT2D eigenvalue weighted by atomic mass is 16.5. The van der Waals surface area contributed by atoms with Gasteiger partial charge in [0.05, 0.1) is 6.61 Å². The highest BCUT2D eigenvalue weighted by molar-refractivity contribution is 6.32. The van der Waals surface area contributed by atoms with E-state index in [-0.39, 0.29) is 6.61 Å². The van der Waals surface area contributed by atoms with E-state index in [4.69, 9.17) is 4.11 Å². The normalized spacial score (nSPS) is 15.4. The maximum atomic E-state index is 10.5. The van der Waals surface area contributed by atoms with Crippen LogP contribution in [0.25, 0.3) is 0 Å². The first-order chi connectivity index (χ1) is 4.89. The van der Waals surface area contributed by atoms with E-state index in [0.717, 1.165) is 0 Å². The second-order valence-corrected chi connectivity index (χ2v) is 1.05. The zero-order valence-corrected chi connectivity index (χ0v) is 4.43. The summed E-state index contributed by atoms with van der Waals surface area (Å²) < 4.78 is 23.8. The van der Waals surface area contributed by atoms with Gasteiger partial charge in [-0.25, -0.2) is 4.79 Å². The van der Waals surface area contributed by atoms with Gasteiger partial charge >= 0.3 is 5.97 Å². The Kier molecular flexibility index (Phi) is 1.28. The molecule has 0 fully saturated rings. The van der Waals surface area contributed by atoms with Crippen LogP contribution in [0.15, 0.2) is 0 Å². The van der Waals surface area contributed by atoms with Crippen LogP contribution in [0.1, 0.15) is 17.9 Å². The Labute approximate surface area is 51.9 Å². The average molecular weight is 119 g/mol. The van der Waals surface area contributed by atoms with Crippen molar-refractivity contribution in [1.82, 2.24) is 0 Å². The van der Waals surface area contributed by atoms with E-state index < -0.39 is 18.6 Å². The van der Waals surface area contributed by atoms with Crippen molar-refractivity contribution in [2.75, 3.05) is 6.61 Å². The predicted molar refractivity (Wildman–Crippen MR) is 27.3 cm³/mol. The van der Waals surface area contributed by atoms with Gasteiger partial charge in [0.25, 0.3) is 0 Å². The molecule has 8 heavy (non-hydrogen) atoms. The summed E-state index contributed by atoms with van der Waals surface area (Å²) in [6, 6.07) is 0. The number of carbonyl (C=O) groups is 2. The molecule has 0 aromatic rings. The van der Waals surface area contributed by atoms with Crippen LogP contribution < -0.4 is 0 Å². The first-order valence-corrected chi connectivity index (χ1v) is 2.11. The second-order valence-electron chi connectivity index (χ2n) is 1.05. The number of hydrogen-bond acceptors (Lipinski definition) is 3. The fraction of sp³-hybridized carbons (Fsp3) is 0.600. The van der Waals surface area contributed by atoms with Crippen LogP contribution in [-0.2, 0) is 14.3 Å². The molecule has 0 aliphatic heterocycles. The van der Waals surface area contributed by atoms with Gasteiger partial charge in [-0.1, -0.05) is 0 Å². The van der Waals surface area contributed by atoms with Crippen LogP contribution in [0.5, 0.6) is 0 Å². The molecule has 46 valence electrons. The Hall–Kier alpha value is -0.860. The summed E-state index contributed by atoms with van der Waals surface area (Å²) in [7, 11) is 0. The third kappa shape index (κ3) is 2.34. The van der Waals surface area contributed by atoms with Crippen molar-refractivity contribution in [1.29, 1.82) is 0 Å². The minimum Gasteiger partial charge on any atom is -0.460 e. The average Bonchev–Trinajstić information content (AvgIpc) is 1.85. The van der Waals surface area contributed by atoms with Gasteiger partial charge in [-0.05, 0) is 6.92 Å². The monoisotopic (exact) mass is 119 g/mol. The fourth-order valence-electron chi connectivity index (χ4n) is 0.197. The van der Waals surface area contributed by atoms with E-state index in [2.05, 4.69) is 4.74 Å². The number of esters is 1. The van der Waals surface area contributed by atoms with Crippen molar-refractivity contribution in [2.24, 2.45) is 0 Å². The van der Waals surface area contributed by atoms with Crippen molar-refractivity contribution >= 4 is 11.8 Å².